The summed E-state index contributed by atoms with van der Waals surface area (Å²) in [7, 11) is 1.65. The van der Waals surface area contributed by atoms with Gasteiger partial charge in [-0.2, -0.15) is 0 Å². The van der Waals surface area contributed by atoms with E-state index in [0.29, 0.717) is 12.1 Å². The molecule has 0 unspecified atom stereocenters. The van der Waals surface area contributed by atoms with Crippen LogP contribution in [0.15, 0.2) is 42.5 Å². The number of carbonyl (C=O) groups is 1. The molecule has 1 fully saturated rings. The Morgan fingerprint density at radius 3 is 2.50 bits per heavy atom. The number of anilines is 2. The molecule has 0 spiro atoms. The van der Waals surface area contributed by atoms with Crippen molar-refractivity contribution >= 4 is 23.0 Å². The van der Waals surface area contributed by atoms with E-state index in [4.69, 9.17) is 4.74 Å². The number of nitro groups is 1. The highest BCUT2D eigenvalue weighted by Gasteiger charge is 2.24. The van der Waals surface area contributed by atoms with Crippen LogP contribution >= 0.6 is 0 Å². The number of ether oxygens (including phenoxy) is 1. The number of nitro benzene ring substituents is 1. The fourth-order valence-corrected chi connectivity index (χ4v) is 3.43. The molecule has 2 aromatic rings. The highest BCUT2D eigenvalue weighted by Crippen LogP contribution is 2.27. The molecule has 1 saturated heterocycles. The molecule has 2 N–H and O–H groups in total. The lowest BCUT2D eigenvalue weighted by Gasteiger charge is -2.33. The second-order valence-corrected chi connectivity index (χ2v) is 6.89. The van der Waals surface area contributed by atoms with Crippen molar-refractivity contribution in [3.63, 3.8) is 0 Å². The average molecular weight is 385 g/mol. The predicted octanol–water partition coefficient (Wildman–Crippen LogP) is 1.26. The fraction of sp³-hybridized carbons (Fsp3) is 0.350. The van der Waals surface area contributed by atoms with Crippen molar-refractivity contribution in [3.05, 3.63) is 58.1 Å². The van der Waals surface area contributed by atoms with Crippen LogP contribution in [0.25, 0.3) is 0 Å². The molecule has 0 atom stereocenters. The minimum atomic E-state index is -0.469. The Hall–Kier alpha value is -3.13. The third-order valence-electron chi connectivity index (χ3n) is 5.03. The van der Waals surface area contributed by atoms with Gasteiger partial charge in [-0.3, -0.25) is 14.9 Å². The molecular weight excluding hydrogens is 360 g/mol. The van der Waals surface area contributed by atoms with E-state index >= 15 is 0 Å². The van der Waals surface area contributed by atoms with Gasteiger partial charge in [0.05, 0.1) is 38.2 Å². The number of nitrogens with zero attached hydrogens (tertiary/aromatic N) is 2. The highest BCUT2D eigenvalue weighted by atomic mass is 16.6. The van der Waals surface area contributed by atoms with Gasteiger partial charge in [0.1, 0.15) is 11.4 Å². The molecule has 2 aromatic carbocycles. The van der Waals surface area contributed by atoms with E-state index in [-0.39, 0.29) is 17.3 Å². The summed E-state index contributed by atoms with van der Waals surface area (Å²) < 4.78 is 5.19. The van der Waals surface area contributed by atoms with Crippen LogP contribution in [0.3, 0.4) is 0 Å². The summed E-state index contributed by atoms with van der Waals surface area (Å²) in [5.74, 6) is 0.625. The van der Waals surface area contributed by atoms with Crippen LogP contribution in [0.1, 0.15) is 5.56 Å². The Bertz CT molecular complexity index is 846. The summed E-state index contributed by atoms with van der Waals surface area (Å²) in [6, 6.07) is 12.7. The Morgan fingerprint density at radius 1 is 1.21 bits per heavy atom. The van der Waals surface area contributed by atoms with Crippen LogP contribution in [0, 0.1) is 17.0 Å². The van der Waals surface area contributed by atoms with E-state index in [9.17, 15) is 14.9 Å². The van der Waals surface area contributed by atoms with Crippen LogP contribution in [-0.4, -0.2) is 50.7 Å². The number of piperazine rings is 1. The lowest BCUT2D eigenvalue weighted by molar-refractivity contribution is -0.892. The minimum Gasteiger partial charge on any atom is -0.497 e. The van der Waals surface area contributed by atoms with Crippen molar-refractivity contribution in [2.24, 2.45) is 0 Å². The second kappa shape index (κ2) is 8.71. The normalized spacial score (nSPS) is 14.6. The van der Waals surface area contributed by atoms with Gasteiger partial charge in [0.15, 0.2) is 6.54 Å². The molecule has 0 aliphatic carbocycles. The molecule has 0 bridgehead atoms. The number of hydrogen-bond acceptors (Lipinski definition) is 5. The molecule has 28 heavy (non-hydrogen) atoms. The summed E-state index contributed by atoms with van der Waals surface area (Å²) >= 11 is 0. The van der Waals surface area contributed by atoms with Crippen molar-refractivity contribution in [3.8, 4) is 5.75 Å². The van der Waals surface area contributed by atoms with Crippen molar-refractivity contribution < 1.29 is 19.4 Å². The molecule has 8 heteroatoms. The van der Waals surface area contributed by atoms with E-state index in [2.05, 4.69) is 10.2 Å². The van der Waals surface area contributed by atoms with E-state index in [1.165, 1.54) is 11.0 Å². The molecule has 1 heterocycles. The van der Waals surface area contributed by atoms with Crippen LogP contribution in [-0.2, 0) is 4.79 Å². The molecule has 1 aliphatic heterocycles. The van der Waals surface area contributed by atoms with Gasteiger partial charge in [-0.15, -0.1) is 0 Å². The van der Waals surface area contributed by atoms with E-state index < -0.39 is 4.92 Å². The van der Waals surface area contributed by atoms with E-state index in [1.54, 1.807) is 26.2 Å². The number of rotatable bonds is 6. The first-order chi connectivity index (χ1) is 13.5. The van der Waals surface area contributed by atoms with Gasteiger partial charge in [0.25, 0.3) is 11.6 Å². The number of benzene rings is 2. The maximum absolute atomic E-state index is 12.4. The maximum atomic E-state index is 12.4. The first-order valence-corrected chi connectivity index (χ1v) is 9.24. The number of para-hydroxylation sites is 1. The fourth-order valence-electron chi connectivity index (χ4n) is 3.43. The number of amides is 1. The Morgan fingerprint density at radius 2 is 1.89 bits per heavy atom. The summed E-state index contributed by atoms with van der Waals surface area (Å²) in [5.41, 5.74) is 2.03. The van der Waals surface area contributed by atoms with Crippen molar-refractivity contribution in [2.45, 2.75) is 6.92 Å². The van der Waals surface area contributed by atoms with Crippen LogP contribution < -0.4 is 19.9 Å². The Kier molecular flexibility index (Phi) is 6.10. The number of carbonyl (C=O) groups excluding carboxylic acids is 1. The minimum absolute atomic E-state index is 0.0762. The summed E-state index contributed by atoms with van der Waals surface area (Å²) in [5, 5.41) is 13.9. The first-order valence-electron chi connectivity index (χ1n) is 9.24. The largest absolute Gasteiger partial charge is 0.497 e. The zero-order valence-electron chi connectivity index (χ0n) is 16.1. The maximum Gasteiger partial charge on any atom is 0.293 e. The SMILES string of the molecule is COc1ccc(N2CC[NH+](CC(=O)Nc3c(C)cccc3[N+](=O)[O-])CC2)cc1. The second-order valence-electron chi connectivity index (χ2n) is 6.89. The molecule has 3 rings (SSSR count). The van der Waals surface area contributed by atoms with Gasteiger partial charge in [-0.1, -0.05) is 12.1 Å². The van der Waals surface area contributed by atoms with Gasteiger partial charge >= 0.3 is 0 Å². The van der Waals surface area contributed by atoms with Gasteiger partial charge in [-0.25, -0.2) is 0 Å². The molecule has 0 saturated carbocycles. The highest BCUT2D eigenvalue weighted by molar-refractivity contribution is 5.94. The average Bonchev–Trinajstić information content (AvgIpc) is 2.70. The summed E-state index contributed by atoms with van der Waals surface area (Å²) in [4.78, 5) is 26.6. The monoisotopic (exact) mass is 385 g/mol. The van der Waals surface area contributed by atoms with Crippen LogP contribution in [0.5, 0.6) is 5.75 Å². The Labute approximate surface area is 163 Å². The number of aryl methyl sites for hydroxylation is 1. The third kappa shape index (κ3) is 4.58. The number of hydrogen-bond donors (Lipinski definition) is 2. The lowest BCUT2D eigenvalue weighted by Crippen LogP contribution is -3.15. The molecule has 8 nitrogen and oxygen atoms in total. The van der Waals surface area contributed by atoms with Crippen LogP contribution in [0.4, 0.5) is 17.1 Å². The van der Waals surface area contributed by atoms with Gasteiger partial charge in [0.2, 0.25) is 0 Å². The quantitative estimate of drug-likeness (QED) is 0.577. The zero-order valence-corrected chi connectivity index (χ0v) is 16.1. The summed E-state index contributed by atoms with van der Waals surface area (Å²) in [6.07, 6.45) is 0. The predicted molar refractivity (Wildman–Crippen MR) is 107 cm³/mol. The number of methoxy groups -OCH3 is 1. The van der Waals surface area contributed by atoms with Gasteiger partial charge < -0.3 is 19.9 Å². The topological polar surface area (TPSA) is 89.2 Å². The summed E-state index contributed by atoms with van der Waals surface area (Å²) in [6.45, 7) is 5.40. The van der Waals surface area contributed by atoms with Gasteiger partial charge in [-0.05, 0) is 36.8 Å². The smallest absolute Gasteiger partial charge is 0.293 e. The molecule has 1 amide bonds. The zero-order chi connectivity index (χ0) is 20.1. The molecule has 148 valence electrons. The Balaban J connectivity index is 1.55. The van der Waals surface area contributed by atoms with Crippen molar-refractivity contribution in [1.29, 1.82) is 0 Å². The number of quaternary nitrogens is 1. The van der Waals surface area contributed by atoms with Crippen molar-refractivity contribution in [1.82, 2.24) is 0 Å². The standard InChI is InChI=1S/C20H24N4O4/c1-15-4-3-5-18(24(26)27)20(15)21-19(25)14-22-10-12-23(13-11-22)16-6-8-17(28-2)9-7-16/h3-9H,10-14H2,1-2H3,(H,21,25)/p+1. The molecule has 0 aromatic heterocycles. The molecule has 0 radical (unpaired) electrons. The van der Waals surface area contributed by atoms with E-state index in [1.807, 2.05) is 24.3 Å². The third-order valence-corrected chi connectivity index (χ3v) is 5.03. The van der Waals surface area contributed by atoms with Gasteiger partial charge in [0, 0.05) is 11.8 Å². The number of nitrogens with one attached hydrogen (secondary N) is 2. The lowest BCUT2D eigenvalue weighted by atomic mass is 10.1. The van der Waals surface area contributed by atoms with E-state index in [0.717, 1.165) is 37.6 Å². The molecule has 1 aliphatic rings. The first kappa shape index (κ1) is 19.6. The van der Waals surface area contributed by atoms with Crippen molar-refractivity contribution in [2.75, 3.05) is 50.1 Å². The molecular formula is C20H25N4O4+. The van der Waals surface area contributed by atoms with Crippen LogP contribution in [0.2, 0.25) is 0 Å².